The van der Waals surface area contributed by atoms with Gasteiger partial charge in [0.15, 0.2) is 0 Å². The van der Waals surface area contributed by atoms with Gasteiger partial charge in [0.2, 0.25) is 5.91 Å². The molecule has 7 nitrogen and oxygen atoms in total. The molecule has 2 aromatic rings. The Labute approximate surface area is 108 Å². The molecule has 1 amide bonds. The van der Waals surface area contributed by atoms with Crippen molar-refractivity contribution in [3.63, 3.8) is 0 Å². The molecular weight excluding hydrogens is 254 g/mol. The maximum absolute atomic E-state index is 11.8. The molecule has 0 N–H and O–H groups in total. The minimum atomic E-state index is 0.220. The van der Waals surface area contributed by atoms with Crippen LogP contribution in [-0.4, -0.2) is 49.5 Å². The molecule has 0 atom stereocenters. The number of carbonyl (C=O) groups excluding carboxylic acids is 1. The van der Waals surface area contributed by atoms with Crippen LogP contribution in [0.1, 0.15) is 19.3 Å². The van der Waals surface area contributed by atoms with Gasteiger partial charge in [-0.15, -0.1) is 10.2 Å². The standard InChI is InChI=1S/C10H13N5O2S/c16-8(14-4-1-2-5-14)3-6-18-10-13-15-7-11-12-9(15)17-10/h7H,1-6H2. The Morgan fingerprint density at radius 3 is 3.06 bits per heavy atom. The van der Waals surface area contributed by atoms with E-state index in [-0.39, 0.29) is 5.91 Å². The molecule has 1 aliphatic rings. The van der Waals surface area contributed by atoms with Crippen LogP contribution in [0.2, 0.25) is 0 Å². The van der Waals surface area contributed by atoms with Gasteiger partial charge in [-0.05, 0) is 12.8 Å². The highest BCUT2D eigenvalue weighted by Gasteiger charge is 2.17. The molecule has 3 heterocycles. The lowest BCUT2D eigenvalue weighted by molar-refractivity contribution is -0.129. The van der Waals surface area contributed by atoms with Gasteiger partial charge in [-0.2, -0.15) is 4.52 Å². The van der Waals surface area contributed by atoms with Gasteiger partial charge in [-0.1, -0.05) is 16.9 Å². The quantitative estimate of drug-likeness (QED) is 0.763. The van der Waals surface area contributed by atoms with Crippen molar-refractivity contribution in [3.05, 3.63) is 6.33 Å². The zero-order valence-electron chi connectivity index (χ0n) is 9.78. The Morgan fingerprint density at radius 1 is 1.44 bits per heavy atom. The van der Waals surface area contributed by atoms with E-state index in [4.69, 9.17) is 4.42 Å². The minimum absolute atomic E-state index is 0.220. The van der Waals surface area contributed by atoms with E-state index in [0.717, 1.165) is 25.9 Å². The molecule has 96 valence electrons. The van der Waals surface area contributed by atoms with Crippen LogP contribution in [-0.2, 0) is 4.79 Å². The summed E-state index contributed by atoms with van der Waals surface area (Å²) < 4.78 is 6.81. The minimum Gasteiger partial charge on any atom is -0.396 e. The zero-order chi connectivity index (χ0) is 12.4. The number of aromatic nitrogens is 4. The van der Waals surface area contributed by atoms with Gasteiger partial charge in [0.25, 0.3) is 5.22 Å². The fraction of sp³-hybridized carbons (Fsp3) is 0.600. The molecule has 0 aromatic carbocycles. The second-order valence-electron chi connectivity index (χ2n) is 4.11. The maximum atomic E-state index is 11.8. The van der Waals surface area contributed by atoms with Crippen LogP contribution in [0.4, 0.5) is 0 Å². The fourth-order valence-corrected chi connectivity index (χ4v) is 2.68. The van der Waals surface area contributed by atoms with Gasteiger partial charge in [0.05, 0.1) is 0 Å². The molecule has 0 spiro atoms. The van der Waals surface area contributed by atoms with Gasteiger partial charge in [-0.3, -0.25) is 4.79 Å². The second-order valence-corrected chi connectivity index (χ2v) is 5.16. The lowest BCUT2D eigenvalue weighted by Crippen LogP contribution is -2.27. The highest BCUT2D eigenvalue weighted by molar-refractivity contribution is 7.99. The van der Waals surface area contributed by atoms with E-state index in [1.165, 1.54) is 22.6 Å². The Kier molecular flexibility index (Phi) is 3.18. The van der Waals surface area contributed by atoms with Gasteiger partial charge in [0, 0.05) is 25.3 Å². The van der Waals surface area contributed by atoms with Gasteiger partial charge in [0.1, 0.15) is 6.33 Å². The average molecular weight is 267 g/mol. The molecule has 18 heavy (non-hydrogen) atoms. The number of fused-ring (bicyclic) bond motifs is 1. The first-order valence-corrected chi connectivity index (χ1v) is 6.89. The van der Waals surface area contributed by atoms with E-state index in [9.17, 15) is 4.79 Å². The number of rotatable bonds is 4. The van der Waals surface area contributed by atoms with E-state index >= 15 is 0 Å². The first-order valence-electron chi connectivity index (χ1n) is 5.90. The van der Waals surface area contributed by atoms with Crippen molar-refractivity contribution in [1.29, 1.82) is 0 Å². The summed E-state index contributed by atoms with van der Waals surface area (Å²) in [6, 6.07) is 0. The molecule has 0 unspecified atom stereocenters. The maximum Gasteiger partial charge on any atom is 0.345 e. The van der Waals surface area contributed by atoms with Crippen LogP contribution in [0.3, 0.4) is 0 Å². The topological polar surface area (TPSA) is 76.5 Å². The van der Waals surface area contributed by atoms with E-state index in [2.05, 4.69) is 15.3 Å². The molecule has 1 aliphatic heterocycles. The number of hydrogen-bond donors (Lipinski definition) is 0. The number of likely N-dealkylation sites (tertiary alicyclic amines) is 1. The van der Waals surface area contributed by atoms with Crippen molar-refractivity contribution in [1.82, 2.24) is 24.7 Å². The summed E-state index contributed by atoms with van der Waals surface area (Å²) in [6.07, 6.45) is 4.26. The van der Waals surface area contributed by atoms with Crippen LogP contribution in [0.15, 0.2) is 16.0 Å². The molecule has 8 heteroatoms. The number of carbonyl (C=O) groups is 1. The van der Waals surface area contributed by atoms with Crippen LogP contribution < -0.4 is 0 Å². The largest absolute Gasteiger partial charge is 0.396 e. The molecule has 2 aromatic heterocycles. The summed E-state index contributed by atoms with van der Waals surface area (Å²) in [7, 11) is 0. The van der Waals surface area contributed by atoms with Gasteiger partial charge >= 0.3 is 5.84 Å². The average Bonchev–Trinajstić information content (AvgIpc) is 3.05. The molecule has 0 bridgehead atoms. The molecule has 0 saturated carbocycles. The lowest BCUT2D eigenvalue weighted by Gasteiger charge is -2.14. The first-order chi connectivity index (χ1) is 8.83. The van der Waals surface area contributed by atoms with Crippen molar-refractivity contribution in [2.24, 2.45) is 0 Å². The lowest BCUT2D eigenvalue weighted by atomic mass is 10.4. The number of hydrogen-bond acceptors (Lipinski definition) is 6. The Morgan fingerprint density at radius 2 is 2.28 bits per heavy atom. The third-order valence-electron chi connectivity index (χ3n) is 2.87. The van der Waals surface area contributed by atoms with E-state index in [0.29, 0.717) is 23.2 Å². The molecule has 0 radical (unpaired) electrons. The monoisotopic (exact) mass is 267 g/mol. The summed E-state index contributed by atoms with van der Waals surface area (Å²) >= 11 is 1.42. The van der Waals surface area contributed by atoms with Crippen molar-refractivity contribution in [2.75, 3.05) is 18.8 Å². The Hall–Kier alpha value is -1.57. The molecule has 1 saturated heterocycles. The van der Waals surface area contributed by atoms with Crippen molar-refractivity contribution >= 4 is 23.5 Å². The van der Waals surface area contributed by atoms with E-state index < -0.39 is 0 Å². The smallest absolute Gasteiger partial charge is 0.345 e. The van der Waals surface area contributed by atoms with Crippen molar-refractivity contribution in [3.8, 4) is 0 Å². The summed E-state index contributed by atoms with van der Waals surface area (Å²) in [5, 5.41) is 12.0. The van der Waals surface area contributed by atoms with Crippen molar-refractivity contribution in [2.45, 2.75) is 24.5 Å². The molecule has 3 rings (SSSR count). The zero-order valence-corrected chi connectivity index (χ0v) is 10.6. The predicted molar refractivity (Wildman–Crippen MR) is 64.2 cm³/mol. The summed E-state index contributed by atoms with van der Waals surface area (Å²) in [5.74, 6) is 1.27. The van der Waals surface area contributed by atoms with E-state index in [1.54, 1.807) is 0 Å². The van der Waals surface area contributed by atoms with Crippen LogP contribution in [0, 0.1) is 0 Å². The van der Waals surface area contributed by atoms with Crippen LogP contribution >= 0.6 is 11.8 Å². The van der Waals surface area contributed by atoms with Crippen molar-refractivity contribution < 1.29 is 9.21 Å². The van der Waals surface area contributed by atoms with Crippen LogP contribution in [0.25, 0.3) is 5.84 Å². The SMILES string of the molecule is O=C(CCSc1nn2cnnc2o1)N1CCCC1. The first kappa shape index (κ1) is 11.5. The summed E-state index contributed by atoms with van der Waals surface area (Å²) in [6.45, 7) is 1.81. The Bertz CT molecular complexity index is 517. The highest BCUT2D eigenvalue weighted by atomic mass is 32.2. The second kappa shape index (κ2) is 4.97. The summed E-state index contributed by atoms with van der Waals surface area (Å²) in [4.78, 5) is 13.7. The molecule has 1 fully saturated rings. The van der Waals surface area contributed by atoms with Crippen LogP contribution in [0.5, 0.6) is 0 Å². The third-order valence-corrected chi connectivity index (χ3v) is 3.69. The molecule has 0 aliphatic carbocycles. The van der Waals surface area contributed by atoms with Gasteiger partial charge < -0.3 is 9.32 Å². The normalized spacial score (nSPS) is 15.7. The van der Waals surface area contributed by atoms with E-state index in [1.807, 2.05) is 4.90 Å². The molecular formula is C10H13N5O2S. The number of nitrogens with zero attached hydrogens (tertiary/aromatic N) is 5. The fourth-order valence-electron chi connectivity index (χ4n) is 1.95. The Balaban J connectivity index is 1.49. The number of thioether (sulfide) groups is 1. The highest BCUT2D eigenvalue weighted by Crippen LogP contribution is 2.19. The number of amides is 1. The third kappa shape index (κ3) is 2.33. The van der Waals surface area contributed by atoms with Gasteiger partial charge in [-0.25, -0.2) is 0 Å². The predicted octanol–water partition coefficient (Wildman–Crippen LogP) is 0.822. The summed E-state index contributed by atoms with van der Waals surface area (Å²) in [5.41, 5.74) is 0.